The Labute approximate surface area is 194 Å². The predicted molar refractivity (Wildman–Crippen MR) is 132 cm³/mol. The Morgan fingerprint density at radius 1 is 0.939 bits per heavy atom. The summed E-state index contributed by atoms with van der Waals surface area (Å²) in [6.45, 7) is 5.56. The summed E-state index contributed by atoms with van der Waals surface area (Å²) in [5.74, 6) is 2.63. The first-order chi connectivity index (χ1) is 16.1. The minimum Gasteiger partial charge on any atom is -0.497 e. The molecule has 0 unspecified atom stereocenters. The van der Waals surface area contributed by atoms with E-state index in [2.05, 4.69) is 54.5 Å². The number of benzene rings is 3. The molecule has 5 heteroatoms. The molecule has 4 aromatic rings. The number of nitrogens with one attached hydrogen (secondary N) is 2. The smallest absolute Gasteiger partial charge is 0.125 e. The molecule has 0 saturated carbocycles. The number of rotatable bonds is 6. The molecule has 1 atom stereocenters. The predicted octanol–water partition coefficient (Wildman–Crippen LogP) is 5.62. The Kier molecular flexibility index (Phi) is 5.73. The molecule has 0 aliphatic carbocycles. The van der Waals surface area contributed by atoms with Crippen molar-refractivity contribution in [1.29, 1.82) is 0 Å². The maximum absolute atomic E-state index is 6.21. The van der Waals surface area contributed by atoms with Gasteiger partial charge >= 0.3 is 0 Å². The maximum atomic E-state index is 6.21. The summed E-state index contributed by atoms with van der Waals surface area (Å²) in [6, 6.07) is 18.8. The van der Waals surface area contributed by atoms with Gasteiger partial charge in [0.2, 0.25) is 0 Å². The lowest BCUT2D eigenvalue weighted by Crippen LogP contribution is -2.30. The lowest BCUT2D eigenvalue weighted by atomic mass is 9.93. The summed E-state index contributed by atoms with van der Waals surface area (Å²) in [4.78, 5) is 3.65. The van der Waals surface area contributed by atoms with Gasteiger partial charge in [-0.15, -0.1) is 0 Å². The molecule has 0 saturated heterocycles. The van der Waals surface area contributed by atoms with Gasteiger partial charge in [0.25, 0.3) is 0 Å². The molecular formula is C28H30N2O3. The molecule has 1 aliphatic heterocycles. The number of hydrogen-bond acceptors (Lipinski definition) is 4. The molecule has 5 nitrogen and oxygen atoms in total. The van der Waals surface area contributed by atoms with Crippen LogP contribution in [0.1, 0.15) is 39.6 Å². The second kappa shape index (κ2) is 8.83. The van der Waals surface area contributed by atoms with E-state index in [0.29, 0.717) is 6.61 Å². The van der Waals surface area contributed by atoms with Crippen molar-refractivity contribution in [2.75, 3.05) is 20.8 Å². The number of H-pyrrole nitrogens is 1. The fraction of sp³-hybridized carbons (Fsp3) is 0.286. The van der Waals surface area contributed by atoms with E-state index in [1.807, 2.05) is 24.3 Å². The maximum Gasteiger partial charge on any atom is 0.125 e. The zero-order valence-electron chi connectivity index (χ0n) is 19.6. The van der Waals surface area contributed by atoms with Crippen molar-refractivity contribution in [3.8, 4) is 17.2 Å². The standard InChI is InChI=1S/C28H30N2O3/c1-17-6-5-7-25(18(17)2)33-16-20-14-19(8-11-26(20)32-4)27-28-22(12-13-29-27)23-15-21(31-3)9-10-24(23)30-28/h5-11,14-15,27,29-30H,12-13,16H2,1-4H3/t27-/m1/s1. The quantitative estimate of drug-likeness (QED) is 0.407. The van der Waals surface area contributed by atoms with E-state index in [9.17, 15) is 0 Å². The first kappa shape index (κ1) is 21.4. The van der Waals surface area contributed by atoms with Crippen molar-refractivity contribution in [2.45, 2.75) is 32.9 Å². The summed E-state index contributed by atoms with van der Waals surface area (Å²) in [5.41, 5.74) is 8.33. The average Bonchev–Trinajstić information content (AvgIpc) is 3.22. The number of ether oxygens (including phenoxy) is 3. The van der Waals surface area contributed by atoms with Crippen LogP contribution in [0, 0.1) is 13.8 Å². The van der Waals surface area contributed by atoms with E-state index >= 15 is 0 Å². The molecule has 5 rings (SSSR count). The van der Waals surface area contributed by atoms with Gasteiger partial charge in [0, 0.05) is 28.7 Å². The van der Waals surface area contributed by atoms with Crippen LogP contribution in [0.5, 0.6) is 17.2 Å². The minimum absolute atomic E-state index is 0.0810. The van der Waals surface area contributed by atoms with Gasteiger partial charge < -0.3 is 24.5 Å². The summed E-state index contributed by atoms with van der Waals surface area (Å²) in [7, 11) is 3.42. The summed E-state index contributed by atoms with van der Waals surface area (Å²) in [5, 5.41) is 4.93. The van der Waals surface area contributed by atoms with Crippen molar-refractivity contribution in [1.82, 2.24) is 10.3 Å². The van der Waals surface area contributed by atoms with Crippen molar-refractivity contribution in [3.63, 3.8) is 0 Å². The Morgan fingerprint density at radius 3 is 2.64 bits per heavy atom. The minimum atomic E-state index is 0.0810. The van der Waals surface area contributed by atoms with Gasteiger partial charge in [-0.1, -0.05) is 18.2 Å². The zero-order valence-corrected chi connectivity index (χ0v) is 19.6. The van der Waals surface area contributed by atoms with E-state index in [0.717, 1.165) is 41.3 Å². The van der Waals surface area contributed by atoms with Gasteiger partial charge in [-0.05, 0) is 78.9 Å². The highest BCUT2D eigenvalue weighted by Crippen LogP contribution is 2.36. The number of methoxy groups -OCH3 is 2. The van der Waals surface area contributed by atoms with Crippen molar-refractivity contribution in [3.05, 3.63) is 88.1 Å². The van der Waals surface area contributed by atoms with Gasteiger partial charge in [-0.2, -0.15) is 0 Å². The highest BCUT2D eigenvalue weighted by molar-refractivity contribution is 5.86. The first-order valence-corrected chi connectivity index (χ1v) is 11.4. The molecule has 1 aromatic heterocycles. The Balaban J connectivity index is 1.49. The summed E-state index contributed by atoms with van der Waals surface area (Å²) >= 11 is 0. The van der Waals surface area contributed by atoms with E-state index in [1.165, 1.54) is 33.3 Å². The van der Waals surface area contributed by atoms with Crippen molar-refractivity contribution in [2.24, 2.45) is 0 Å². The Bertz CT molecular complexity index is 1310. The van der Waals surface area contributed by atoms with Crippen LogP contribution >= 0.6 is 0 Å². The summed E-state index contributed by atoms with van der Waals surface area (Å²) < 4.78 is 17.3. The van der Waals surface area contributed by atoms with Crippen LogP contribution in [0.3, 0.4) is 0 Å². The molecule has 33 heavy (non-hydrogen) atoms. The highest BCUT2D eigenvalue weighted by Gasteiger charge is 2.26. The van der Waals surface area contributed by atoms with Crippen LogP contribution in [0.4, 0.5) is 0 Å². The number of hydrogen-bond donors (Lipinski definition) is 2. The molecule has 0 radical (unpaired) electrons. The monoisotopic (exact) mass is 442 g/mol. The third-order valence-electron chi connectivity index (χ3n) is 6.73. The third kappa shape index (κ3) is 3.93. The van der Waals surface area contributed by atoms with Crippen molar-refractivity contribution >= 4 is 10.9 Å². The van der Waals surface area contributed by atoms with Crippen LogP contribution in [0.2, 0.25) is 0 Å². The molecule has 2 heterocycles. The molecule has 1 aliphatic rings. The van der Waals surface area contributed by atoms with Gasteiger partial charge in [-0.3, -0.25) is 0 Å². The van der Waals surface area contributed by atoms with Crippen LogP contribution < -0.4 is 19.5 Å². The van der Waals surface area contributed by atoms with Crippen molar-refractivity contribution < 1.29 is 14.2 Å². The van der Waals surface area contributed by atoms with Crippen LogP contribution in [0.15, 0.2) is 54.6 Å². The lowest BCUT2D eigenvalue weighted by molar-refractivity contribution is 0.294. The second-order valence-electron chi connectivity index (χ2n) is 8.62. The fourth-order valence-electron chi connectivity index (χ4n) is 4.75. The molecule has 2 N–H and O–H groups in total. The van der Waals surface area contributed by atoms with E-state index in [-0.39, 0.29) is 6.04 Å². The summed E-state index contributed by atoms with van der Waals surface area (Å²) in [6.07, 6.45) is 0.984. The van der Waals surface area contributed by atoms with Gasteiger partial charge in [-0.25, -0.2) is 0 Å². The normalized spacial score (nSPS) is 15.3. The Morgan fingerprint density at radius 2 is 1.82 bits per heavy atom. The van der Waals surface area contributed by atoms with Crippen LogP contribution in [-0.2, 0) is 13.0 Å². The first-order valence-electron chi connectivity index (χ1n) is 11.4. The number of fused-ring (bicyclic) bond motifs is 3. The molecule has 0 fully saturated rings. The fourth-order valence-corrected chi connectivity index (χ4v) is 4.75. The largest absolute Gasteiger partial charge is 0.497 e. The zero-order chi connectivity index (χ0) is 22.9. The van der Waals surface area contributed by atoms with Gasteiger partial charge in [0.1, 0.15) is 23.9 Å². The number of aromatic amines is 1. The highest BCUT2D eigenvalue weighted by atomic mass is 16.5. The Hall–Kier alpha value is -3.44. The molecular weight excluding hydrogens is 412 g/mol. The number of aromatic nitrogens is 1. The second-order valence-corrected chi connectivity index (χ2v) is 8.62. The van der Waals surface area contributed by atoms with Gasteiger partial charge in [0.05, 0.1) is 20.3 Å². The molecule has 0 amide bonds. The molecule has 3 aromatic carbocycles. The van der Waals surface area contributed by atoms with E-state index < -0.39 is 0 Å². The average molecular weight is 443 g/mol. The van der Waals surface area contributed by atoms with E-state index in [4.69, 9.17) is 14.2 Å². The third-order valence-corrected chi connectivity index (χ3v) is 6.73. The van der Waals surface area contributed by atoms with Gasteiger partial charge in [0.15, 0.2) is 0 Å². The van der Waals surface area contributed by atoms with Crippen LogP contribution in [-0.4, -0.2) is 25.7 Å². The number of aryl methyl sites for hydroxylation is 1. The molecule has 0 spiro atoms. The molecule has 170 valence electrons. The molecule has 0 bridgehead atoms. The van der Waals surface area contributed by atoms with Crippen LogP contribution in [0.25, 0.3) is 10.9 Å². The SMILES string of the molecule is COc1ccc2[nH]c3c(c2c1)CCN[C@@H]3c1ccc(OC)c(COc2cccc(C)c2C)c1. The lowest BCUT2D eigenvalue weighted by Gasteiger charge is -2.26. The topological polar surface area (TPSA) is 55.5 Å². The van der Waals surface area contributed by atoms with E-state index in [1.54, 1.807) is 14.2 Å².